The number of carboxylic acid groups (broad SMARTS) is 1. The molecule has 0 heterocycles. The first-order valence-electron chi connectivity index (χ1n) is 6.91. The number of unbranched alkanes of at least 4 members (excludes halogenated alkanes) is 2. The molecular formula is C13H27NO5S. The molecule has 0 spiro atoms. The summed E-state index contributed by atoms with van der Waals surface area (Å²) in [7, 11) is -3.61. The Morgan fingerprint density at radius 2 is 1.80 bits per heavy atom. The van der Waals surface area contributed by atoms with Gasteiger partial charge in [-0.2, -0.15) is 0 Å². The van der Waals surface area contributed by atoms with Gasteiger partial charge < -0.3 is 10.2 Å². The molecule has 3 N–H and O–H groups in total. The number of hydrogen-bond acceptors (Lipinski definition) is 4. The van der Waals surface area contributed by atoms with Gasteiger partial charge >= 0.3 is 5.97 Å². The molecule has 7 heteroatoms. The van der Waals surface area contributed by atoms with Crippen LogP contribution in [0.2, 0.25) is 0 Å². The monoisotopic (exact) mass is 309 g/mol. The summed E-state index contributed by atoms with van der Waals surface area (Å²) in [5.41, 5.74) is 0.243. The van der Waals surface area contributed by atoms with Crippen LogP contribution in [0.5, 0.6) is 0 Å². The van der Waals surface area contributed by atoms with E-state index in [1.165, 1.54) is 0 Å². The second-order valence-electron chi connectivity index (χ2n) is 6.21. The van der Waals surface area contributed by atoms with Crippen molar-refractivity contribution in [3.63, 3.8) is 0 Å². The van der Waals surface area contributed by atoms with Gasteiger partial charge in [0.05, 0.1) is 5.75 Å². The minimum absolute atomic E-state index is 0.0770. The van der Waals surface area contributed by atoms with E-state index >= 15 is 0 Å². The molecule has 0 bridgehead atoms. The van der Waals surface area contributed by atoms with Crippen molar-refractivity contribution in [3.8, 4) is 0 Å². The average Bonchev–Trinajstić information content (AvgIpc) is 2.25. The lowest BCUT2D eigenvalue weighted by Gasteiger charge is -2.17. The fourth-order valence-electron chi connectivity index (χ4n) is 1.76. The minimum Gasteiger partial charge on any atom is -0.480 e. The molecule has 120 valence electrons. The van der Waals surface area contributed by atoms with Crippen LogP contribution >= 0.6 is 0 Å². The van der Waals surface area contributed by atoms with Gasteiger partial charge in [-0.05, 0) is 24.7 Å². The van der Waals surface area contributed by atoms with E-state index in [-0.39, 0.29) is 24.2 Å². The molecule has 0 aliphatic rings. The molecule has 0 aliphatic carbocycles. The number of aliphatic hydroxyl groups excluding tert-OH is 1. The number of rotatable bonds is 10. The van der Waals surface area contributed by atoms with E-state index in [2.05, 4.69) is 25.5 Å². The van der Waals surface area contributed by atoms with Gasteiger partial charge in [0.25, 0.3) is 0 Å². The second kappa shape index (κ2) is 8.59. The Hall–Kier alpha value is -0.660. The highest BCUT2D eigenvalue weighted by atomic mass is 32.2. The van der Waals surface area contributed by atoms with Crippen molar-refractivity contribution in [2.24, 2.45) is 5.41 Å². The third-order valence-corrected chi connectivity index (χ3v) is 4.35. The topological polar surface area (TPSA) is 104 Å². The lowest BCUT2D eigenvalue weighted by atomic mass is 9.90. The zero-order valence-electron chi connectivity index (χ0n) is 12.6. The van der Waals surface area contributed by atoms with Crippen molar-refractivity contribution in [2.45, 2.75) is 58.9 Å². The summed E-state index contributed by atoms with van der Waals surface area (Å²) >= 11 is 0. The molecule has 0 unspecified atom stereocenters. The molecule has 1 atom stereocenters. The number of carboxylic acids is 1. The van der Waals surface area contributed by atoms with Crippen LogP contribution in [-0.4, -0.2) is 43.0 Å². The maximum absolute atomic E-state index is 11.7. The van der Waals surface area contributed by atoms with Crippen molar-refractivity contribution in [1.29, 1.82) is 0 Å². The van der Waals surface area contributed by atoms with Crippen molar-refractivity contribution in [1.82, 2.24) is 4.72 Å². The SMILES string of the molecule is CC(C)(C)CCCCCS(=O)(=O)N[C@@H](CCO)C(=O)O. The summed E-state index contributed by atoms with van der Waals surface area (Å²) in [5.74, 6) is -1.35. The lowest BCUT2D eigenvalue weighted by molar-refractivity contribution is -0.139. The van der Waals surface area contributed by atoms with Crippen LogP contribution in [0.1, 0.15) is 52.9 Å². The van der Waals surface area contributed by atoms with Gasteiger partial charge in [0.15, 0.2) is 0 Å². The van der Waals surface area contributed by atoms with Crippen molar-refractivity contribution >= 4 is 16.0 Å². The van der Waals surface area contributed by atoms with Crippen molar-refractivity contribution in [2.75, 3.05) is 12.4 Å². The quantitative estimate of drug-likeness (QED) is 0.528. The van der Waals surface area contributed by atoms with Gasteiger partial charge in [-0.3, -0.25) is 4.79 Å². The standard InChI is InChI=1S/C13H27NO5S/c1-13(2,3)8-5-4-6-10-20(18,19)14-11(7-9-15)12(16)17/h11,14-15H,4-10H2,1-3H3,(H,16,17)/t11-/m0/s1. The molecule has 0 aromatic carbocycles. The van der Waals surface area contributed by atoms with Gasteiger partial charge in [0.1, 0.15) is 6.04 Å². The summed E-state index contributed by atoms with van der Waals surface area (Å²) in [6.45, 7) is 6.04. The Kier molecular flexibility index (Phi) is 8.30. The zero-order chi connectivity index (χ0) is 15.8. The van der Waals surface area contributed by atoms with Crippen LogP contribution < -0.4 is 4.72 Å². The number of nitrogens with one attached hydrogen (secondary N) is 1. The lowest BCUT2D eigenvalue weighted by Crippen LogP contribution is -2.42. The summed E-state index contributed by atoms with van der Waals surface area (Å²) < 4.78 is 25.6. The molecule has 0 radical (unpaired) electrons. The number of aliphatic hydroxyl groups is 1. The Labute approximate surface area is 121 Å². The fourth-order valence-corrected chi connectivity index (χ4v) is 3.12. The van der Waals surface area contributed by atoms with Crippen LogP contribution in [0.15, 0.2) is 0 Å². The van der Waals surface area contributed by atoms with E-state index in [1.54, 1.807) is 0 Å². The smallest absolute Gasteiger partial charge is 0.321 e. The molecule has 0 aromatic heterocycles. The first kappa shape index (κ1) is 19.3. The van der Waals surface area contributed by atoms with Crippen LogP contribution in [0.25, 0.3) is 0 Å². The zero-order valence-corrected chi connectivity index (χ0v) is 13.4. The number of sulfonamides is 1. The average molecular weight is 309 g/mol. The van der Waals surface area contributed by atoms with E-state index < -0.39 is 22.0 Å². The van der Waals surface area contributed by atoms with E-state index in [0.717, 1.165) is 19.3 Å². The van der Waals surface area contributed by atoms with Crippen LogP contribution in [0.4, 0.5) is 0 Å². The largest absolute Gasteiger partial charge is 0.480 e. The molecule has 0 fully saturated rings. The van der Waals surface area contributed by atoms with Gasteiger partial charge in [0, 0.05) is 6.61 Å². The normalized spacial score (nSPS) is 14.2. The van der Waals surface area contributed by atoms with Crippen molar-refractivity contribution < 1.29 is 23.4 Å². The second-order valence-corrected chi connectivity index (χ2v) is 8.08. The first-order chi connectivity index (χ1) is 9.07. The maximum atomic E-state index is 11.7. The highest BCUT2D eigenvalue weighted by molar-refractivity contribution is 7.89. The van der Waals surface area contributed by atoms with E-state index in [4.69, 9.17) is 10.2 Å². The summed E-state index contributed by atoms with van der Waals surface area (Å²) in [6.07, 6.45) is 3.17. The Morgan fingerprint density at radius 1 is 1.20 bits per heavy atom. The third kappa shape index (κ3) is 10.2. The van der Waals surface area contributed by atoms with Crippen LogP contribution in [-0.2, 0) is 14.8 Å². The molecular weight excluding hydrogens is 282 g/mol. The first-order valence-corrected chi connectivity index (χ1v) is 8.56. The number of aliphatic carboxylic acids is 1. The maximum Gasteiger partial charge on any atom is 0.321 e. The van der Waals surface area contributed by atoms with Gasteiger partial charge in [-0.1, -0.05) is 33.6 Å². The minimum atomic E-state index is -3.61. The van der Waals surface area contributed by atoms with Gasteiger partial charge in [-0.25, -0.2) is 13.1 Å². The number of carbonyl (C=O) groups is 1. The summed E-state index contributed by atoms with van der Waals surface area (Å²) in [6, 6.07) is -1.25. The van der Waals surface area contributed by atoms with E-state index in [0.29, 0.717) is 6.42 Å². The van der Waals surface area contributed by atoms with E-state index in [1.807, 2.05) is 0 Å². The molecule has 0 aromatic rings. The number of hydrogen-bond donors (Lipinski definition) is 3. The molecule has 0 saturated heterocycles. The predicted octanol–water partition coefficient (Wildman–Crippen LogP) is 1.35. The van der Waals surface area contributed by atoms with Gasteiger partial charge in [-0.15, -0.1) is 0 Å². The molecule has 0 saturated carbocycles. The summed E-state index contributed by atoms with van der Waals surface area (Å²) in [5, 5.41) is 17.5. The molecule has 6 nitrogen and oxygen atoms in total. The fraction of sp³-hybridized carbons (Fsp3) is 0.923. The molecule has 0 aliphatic heterocycles. The predicted molar refractivity (Wildman–Crippen MR) is 78.0 cm³/mol. The van der Waals surface area contributed by atoms with Crippen molar-refractivity contribution in [3.05, 3.63) is 0 Å². The molecule has 0 rings (SSSR count). The molecule has 20 heavy (non-hydrogen) atoms. The Morgan fingerprint density at radius 3 is 2.25 bits per heavy atom. The summed E-state index contributed by atoms with van der Waals surface area (Å²) in [4.78, 5) is 10.8. The van der Waals surface area contributed by atoms with Gasteiger partial charge in [0.2, 0.25) is 10.0 Å². The highest BCUT2D eigenvalue weighted by Gasteiger charge is 2.23. The Bertz CT molecular complexity index is 386. The third-order valence-electron chi connectivity index (χ3n) is 2.88. The van der Waals surface area contributed by atoms with Crippen LogP contribution in [0.3, 0.4) is 0 Å². The van der Waals surface area contributed by atoms with Crippen LogP contribution in [0, 0.1) is 5.41 Å². The Balaban J connectivity index is 4.09. The highest BCUT2D eigenvalue weighted by Crippen LogP contribution is 2.22. The van der Waals surface area contributed by atoms with E-state index in [9.17, 15) is 13.2 Å². The molecule has 0 amide bonds.